The molecule has 2 heterocycles. The van der Waals surface area contributed by atoms with E-state index < -0.39 is 0 Å². The molecule has 29 heavy (non-hydrogen) atoms. The molecule has 7 heteroatoms. The average Bonchev–Trinajstić information content (AvgIpc) is 2.97. The maximum absolute atomic E-state index is 14.6. The Labute approximate surface area is 173 Å². The van der Waals surface area contributed by atoms with Gasteiger partial charge in [-0.05, 0) is 61.9 Å². The van der Waals surface area contributed by atoms with Crippen LogP contribution in [0.4, 0.5) is 10.1 Å². The number of nitrogens with zero attached hydrogens (tertiary/aromatic N) is 3. The van der Waals surface area contributed by atoms with E-state index in [1.807, 2.05) is 35.9 Å². The number of nitrogens with one attached hydrogen (secondary N) is 1. The molecule has 0 radical (unpaired) electrons. The van der Waals surface area contributed by atoms with Crippen molar-refractivity contribution < 1.29 is 9.18 Å². The van der Waals surface area contributed by atoms with Gasteiger partial charge in [0.05, 0.1) is 5.56 Å². The van der Waals surface area contributed by atoms with Crippen molar-refractivity contribution in [3.8, 4) is 11.4 Å². The first-order valence-corrected chi connectivity index (χ1v) is 11.0. The summed E-state index contributed by atoms with van der Waals surface area (Å²) in [5.41, 5.74) is 2.40. The van der Waals surface area contributed by atoms with Gasteiger partial charge in [-0.3, -0.25) is 4.79 Å². The molecule has 1 aliphatic heterocycles. The second-order valence-electron chi connectivity index (χ2n) is 7.23. The van der Waals surface area contributed by atoms with Gasteiger partial charge >= 0.3 is 0 Å². The molecule has 2 aromatic carbocycles. The van der Waals surface area contributed by atoms with Crippen LogP contribution in [0.3, 0.4) is 0 Å². The monoisotopic (exact) mass is 410 g/mol. The third kappa shape index (κ3) is 4.05. The summed E-state index contributed by atoms with van der Waals surface area (Å²) in [6.45, 7) is 2.69. The number of carbonyl (C=O) groups excluding carboxylic acids is 1. The van der Waals surface area contributed by atoms with Crippen molar-refractivity contribution in [1.29, 1.82) is 0 Å². The lowest BCUT2D eigenvalue weighted by Gasteiger charge is -2.12. The molecule has 0 saturated carbocycles. The van der Waals surface area contributed by atoms with Crippen molar-refractivity contribution >= 4 is 23.4 Å². The van der Waals surface area contributed by atoms with E-state index in [1.54, 1.807) is 23.9 Å². The van der Waals surface area contributed by atoms with Gasteiger partial charge in [-0.1, -0.05) is 12.5 Å². The summed E-state index contributed by atoms with van der Waals surface area (Å²) in [7, 11) is 0. The number of rotatable bonds is 4. The van der Waals surface area contributed by atoms with Crippen LogP contribution in [0, 0.1) is 12.7 Å². The van der Waals surface area contributed by atoms with Crippen molar-refractivity contribution in [2.75, 3.05) is 11.6 Å². The van der Waals surface area contributed by atoms with Crippen molar-refractivity contribution in [3.63, 3.8) is 0 Å². The zero-order valence-electron chi connectivity index (χ0n) is 16.5. The number of amides is 1. The molecule has 0 unspecified atom stereocenters. The lowest BCUT2D eigenvalue weighted by atomic mass is 10.1. The van der Waals surface area contributed by atoms with Crippen LogP contribution in [0.15, 0.2) is 41.3 Å². The Hall–Kier alpha value is -2.67. The normalized spacial score (nSPS) is 13.6. The first-order valence-electron chi connectivity index (χ1n) is 9.75. The molecular weight excluding hydrogens is 387 g/mol. The van der Waals surface area contributed by atoms with Crippen molar-refractivity contribution in [2.24, 2.45) is 0 Å². The number of thioether (sulfide) groups is 1. The molecule has 1 aromatic heterocycles. The van der Waals surface area contributed by atoms with Crippen LogP contribution in [0.5, 0.6) is 0 Å². The maximum Gasteiger partial charge on any atom is 0.255 e. The fourth-order valence-electron chi connectivity index (χ4n) is 3.63. The van der Waals surface area contributed by atoms with E-state index in [2.05, 4.69) is 15.5 Å². The molecule has 1 amide bonds. The smallest absolute Gasteiger partial charge is 0.255 e. The predicted octanol–water partition coefficient (Wildman–Crippen LogP) is 5.09. The predicted molar refractivity (Wildman–Crippen MR) is 114 cm³/mol. The zero-order chi connectivity index (χ0) is 20.4. The van der Waals surface area contributed by atoms with Gasteiger partial charge in [0.25, 0.3) is 5.91 Å². The Morgan fingerprint density at radius 2 is 2.00 bits per heavy atom. The van der Waals surface area contributed by atoms with E-state index in [9.17, 15) is 9.18 Å². The number of carbonyl (C=O) groups is 1. The number of hydrogen-bond acceptors (Lipinski definition) is 4. The molecule has 3 aromatic rings. The molecular formula is C22H23FN4OS. The minimum absolute atomic E-state index is 0.212. The van der Waals surface area contributed by atoms with E-state index in [1.165, 1.54) is 6.07 Å². The molecule has 150 valence electrons. The molecule has 0 saturated heterocycles. The summed E-state index contributed by atoms with van der Waals surface area (Å²) < 4.78 is 16.6. The fourth-order valence-corrected chi connectivity index (χ4v) is 4.07. The van der Waals surface area contributed by atoms with Crippen LogP contribution in [-0.2, 0) is 13.0 Å². The highest BCUT2D eigenvalue weighted by Crippen LogP contribution is 2.28. The van der Waals surface area contributed by atoms with Gasteiger partial charge < -0.3 is 9.88 Å². The van der Waals surface area contributed by atoms with Gasteiger partial charge in [-0.25, -0.2) is 4.39 Å². The molecule has 0 atom stereocenters. The third-order valence-corrected chi connectivity index (χ3v) is 5.99. The van der Waals surface area contributed by atoms with E-state index in [0.29, 0.717) is 22.6 Å². The lowest BCUT2D eigenvalue weighted by Crippen LogP contribution is -2.14. The van der Waals surface area contributed by atoms with E-state index in [-0.39, 0.29) is 11.7 Å². The first kappa shape index (κ1) is 19.6. The van der Waals surface area contributed by atoms with Gasteiger partial charge in [0.15, 0.2) is 5.82 Å². The molecule has 0 aliphatic carbocycles. The quantitative estimate of drug-likeness (QED) is 0.609. The fraction of sp³-hybridized carbons (Fsp3) is 0.318. The Morgan fingerprint density at radius 3 is 2.83 bits per heavy atom. The van der Waals surface area contributed by atoms with Gasteiger partial charge in [0.1, 0.15) is 11.6 Å². The van der Waals surface area contributed by atoms with Crippen molar-refractivity contribution in [1.82, 2.24) is 14.8 Å². The summed E-state index contributed by atoms with van der Waals surface area (Å²) in [5, 5.41) is 11.4. The highest BCUT2D eigenvalue weighted by molar-refractivity contribution is 7.98. The maximum atomic E-state index is 14.6. The Bertz CT molecular complexity index is 1060. The standard InChI is InChI=1S/C22H23FN4OS/c1-14-7-9-16(29-2)13-17(14)22(28)24-15-8-10-19(23)18(12-15)21-26-25-20-6-4-3-5-11-27(20)21/h7-10,12-13H,3-6,11H2,1-2H3,(H,24,28). The van der Waals surface area contributed by atoms with Crippen molar-refractivity contribution in [2.45, 2.75) is 44.0 Å². The Kier molecular flexibility index (Phi) is 5.67. The number of fused-ring (bicyclic) bond motifs is 1. The summed E-state index contributed by atoms with van der Waals surface area (Å²) in [6, 6.07) is 10.4. The van der Waals surface area contributed by atoms with E-state index >= 15 is 0 Å². The largest absolute Gasteiger partial charge is 0.322 e. The van der Waals surface area contributed by atoms with Crippen LogP contribution in [0.25, 0.3) is 11.4 Å². The molecule has 4 rings (SSSR count). The number of aromatic nitrogens is 3. The van der Waals surface area contributed by atoms with E-state index in [0.717, 1.165) is 48.5 Å². The van der Waals surface area contributed by atoms with Crippen molar-refractivity contribution in [3.05, 3.63) is 59.2 Å². The second-order valence-corrected chi connectivity index (χ2v) is 8.11. The highest BCUT2D eigenvalue weighted by Gasteiger charge is 2.19. The minimum atomic E-state index is -0.372. The molecule has 1 N–H and O–H groups in total. The van der Waals surface area contributed by atoms with Crippen LogP contribution in [-0.4, -0.2) is 26.9 Å². The first-order chi connectivity index (χ1) is 14.1. The lowest BCUT2D eigenvalue weighted by molar-refractivity contribution is 0.102. The van der Waals surface area contributed by atoms with Gasteiger partial charge in [0, 0.05) is 29.1 Å². The van der Waals surface area contributed by atoms with Crippen LogP contribution >= 0.6 is 11.8 Å². The van der Waals surface area contributed by atoms with Crippen LogP contribution in [0.1, 0.15) is 41.0 Å². The molecule has 0 bridgehead atoms. The number of halogens is 1. The molecule has 0 fully saturated rings. The number of anilines is 1. The highest BCUT2D eigenvalue weighted by atomic mass is 32.2. The van der Waals surface area contributed by atoms with Gasteiger partial charge in [-0.15, -0.1) is 22.0 Å². The third-order valence-electron chi connectivity index (χ3n) is 5.26. The molecule has 0 spiro atoms. The number of hydrogen-bond donors (Lipinski definition) is 1. The minimum Gasteiger partial charge on any atom is -0.322 e. The number of benzene rings is 2. The topological polar surface area (TPSA) is 59.8 Å². The Morgan fingerprint density at radius 1 is 1.14 bits per heavy atom. The summed E-state index contributed by atoms with van der Waals surface area (Å²) in [5.74, 6) is 0.839. The zero-order valence-corrected chi connectivity index (χ0v) is 17.4. The van der Waals surface area contributed by atoms with Gasteiger partial charge in [0.2, 0.25) is 0 Å². The SMILES string of the molecule is CSc1ccc(C)c(C(=O)Nc2ccc(F)c(-c3nnc4n3CCCCC4)c2)c1. The van der Waals surface area contributed by atoms with Gasteiger partial charge in [-0.2, -0.15) is 0 Å². The summed E-state index contributed by atoms with van der Waals surface area (Å²) in [6.07, 6.45) is 6.07. The summed E-state index contributed by atoms with van der Waals surface area (Å²) in [4.78, 5) is 13.8. The van der Waals surface area contributed by atoms with Crippen LogP contribution in [0.2, 0.25) is 0 Å². The number of aryl methyl sites for hydroxylation is 2. The Balaban J connectivity index is 1.65. The van der Waals surface area contributed by atoms with E-state index in [4.69, 9.17) is 0 Å². The second kappa shape index (κ2) is 8.37. The summed E-state index contributed by atoms with van der Waals surface area (Å²) >= 11 is 1.59. The van der Waals surface area contributed by atoms with Crippen LogP contribution < -0.4 is 5.32 Å². The molecule has 5 nitrogen and oxygen atoms in total. The average molecular weight is 411 g/mol. The molecule has 1 aliphatic rings.